The summed E-state index contributed by atoms with van der Waals surface area (Å²) in [5.74, 6) is 0. The Bertz CT molecular complexity index is 106. The van der Waals surface area contributed by atoms with Gasteiger partial charge in [0.1, 0.15) is 0 Å². The van der Waals surface area contributed by atoms with Crippen LogP contribution in [0.15, 0.2) is 0 Å². The largest absolute Gasteiger partial charge is 0.308 e. The van der Waals surface area contributed by atoms with Crippen LogP contribution in [0.2, 0.25) is 0 Å². The zero-order valence-corrected chi connectivity index (χ0v) is 13.9. The molecule has 0 aromatic heterocycles. The molecule has 0 aliphatic rings. The fourth-order valence-electron chi connectivity index (χ4n) is 0.800. The van der Waals surface area contributed by atoms with Gasteiger partial charge in [0.05, 0.1) is 0 Å². The molecule has 0 rings (SSSR count). The predicted molar refractivity (Wildman–Crippen MR) is 74.2 cm³/mol. The van der Waals surface area contributed by atoms with Gasteiger partial charge in [-0.1, -0.05) is 0 Å². The number of hydrogen-bond acceptors (Lipinski definition) is 4. The predicted octanol–water partition coefficient (Wildman–Crippen LogP) is 0.217. The number of likely N-dealkylation sites (N-methyl/N-ethyl adjacent to an activating group) is 4. The molecule has 0 saturated carbocycles. The van der Waals surface area contributed by atoms with Crippen LogP contribution in [0.25, 0.3) is 0 Å². The molecule has 0 unspecified atom stereocenters. The van der Waals surface area contributed by atoms with Crippen molar-refractivity contribution in [1.82, 2.24) is 19.6 Å². The van der Waals surface area contributed by atoms with Gasteiger partial charge in [0.2, 0.25) is 0 Å². The maximum Gasteiger partial charge on any atom is 0.0103 e. The normalized spacial score (nSPS) is 10.6. The Morgan fingerprint density at radius 1 is 0.412 bits per heavy atom. The Balaban J connectivity index is -0.000000218. The van der Waals surface area contributed by atoms with E-state index in [2.05, 4.69) is 76.0 Å². The maximum atomic E-state index is 2.18. The first-order valence-corrected chi connectivity index (χ1v) is 5.84. The second kappa shape index (κ2) is 14.4. The Morgan fingerprint density at radius 2 is 0.529 bits per heavy atom. The van der Waals surface area contributed by atoms with Crippen molar-refractivity contribution in [3.8, 4) is 0 Å². The third-order valence-electron chi connectivity index (χ3n) is 1.99. The summed E-state index contributed by atoms with van der Waals surface area (Å²) < 4.78 is 0. The van der Waals surface area contributed by atoms with Crippen LogP contribution in [0.5, 0.6) is 0 Å². The number of hydrogen-bond donors (Lipinski definition) is 0. The van der Waals surface area contributed by atoms with Gasteiger partial charge < -0.3 is 19.6 Å². The van der Waals surface area contributed by atoms with E-state index < -0.39 is 0 Å². The van der Waals surface area contributed by atoms with Crippen molar-refractivity contribution in [2.45, 2.75) is 0 Å². The molecular formula is C12H32CuN4. The van der Waals surface area contributed by atoms with Gasteiger partial charge in [0.15, 0.2) is 0 Å². The van der Waals surface area contributed by atoms with Crippen molar-refractivity contribution < 1.29 is 17.1 Å². The molecule has 5 heteroatoms. The first-order chi connectivity index (χ1) is 7.25. The van der Waals surface area contributed by atoms with Crippen LogP contribution in [-0.2, 0) is 17.1 Å². The molecule has 0 spiro atoms. The van der Waals surface area contributed by atoms with E-state index in [1.54, 1.807) is 0 Å². The standard InChI is InChI=1S/2C6H16N2.Cu/c2*1-7(2)5-6-8(3)4;/h2*5-6H2,1-4H3;. The summed E-state index contributed by atoms with van der Waals surface area (Å²) in [6.45, 7) is 4.58. The molecule has 17 heavy (non-hydrogen) atoms. The van der Waals surface area contributed by atoms with Gasteiger partial charge in [0, 0.05) is 43.2 Å². The fraction of sp³-hybridized carbons (Fsp3) is 1.00. The van der Waals surface area contributed by atoms with Crippen LogP contribution in [0.4, 0.5) is 0 Å². The molecule has 4 nitrogen and oxygen atoms in total. The van der Waals surface area contributed by atoms with Crippen molar-refractivity contribution in [3.63, 3.8) is 0 Å². The van der Waals surface area contributed by atoms with Gasteiger partial charge in [-0.3, -0.25) is 0 Å². The van der Waals surface area contributed by atoms with E-state index in [0.29, 0.717) is 0 Å². The zero-order valence-electron chi connectivity index (χ0n) is 12.9. The molecule has 0 aromatic carbocycles. The summed E-state index contributed by atoms with van der Waals surface area (Å²) in [7, 11) is 16.7. The SMILES string of the molecule is CN(C)CCN(C)C.CN(C)CCN(C)C.[Cu]. The topological polar surface area (TPSA) is 13.0 Å². The van der Waals surface area contributed by atoms with E-state index in [9.17, 15) is 0 Å². The summed E-state index contributed by atoms with van der Waals surface area (Å²) in [6, 6.07) is 0. The van der Waals surface area contributed by atoms with Crippen molar-refractivity contribution in [2.75, 3.05) is 82.6 Å². The number of nitrogens with zero attached hydrogens (tertiary/aromatic N) is 4. The summed E-state index contributed by atoms with van der Waals surface area (Å²) in [6.07, 6.45) is 0. The van der Waals surface area contributed by atoms with Crippen molar-refractivity contribution in [1.29, 1.82) is 0 Å². The molecule has 0 aliphatic heterocycles. The van der Waals surface area contributed by atoms with Crippen molar-refractivity contribution >= 4 is 0 Å². The van der Waals surface area contributed by atoms with Crippen molar-refractivity contribution in [2.24, 2.45) is 0 Å². The quantitative estimate of drug-likeness (QED) is 0.650. The van der Waals surface area contributed by atoms with Crippen LogP contribution < -0.4 is 0 Å². The first-order valence-electron chi connectivity index (χ1n) is 5.84. The molecule has 0 amide bonds. The average molecular weight is 296 g/mol. The monoisotopic (exact) mass is 295 g/mol. The third kappa shape index (κ3) is 31.4. The Labute approximate surface area is 119 Å². The molecule has 111 valence electrons. The molecule has 0 N–H and O–H groups in total. The van der Waals surface area contributed by atoms with Crippen LogP contribution >= 0.6 is 0 Å². The van der Waals surface area contributed by atoms with E-state index in [-0.39, 0.29) is 17.1 Å². The third-order valence-corrected chi connectivity index (χ3v) is 1.99. The van der Waals surface area contributed by atoms with Gasteiger partial charge in [-0.25, -0.2) is 0 Å². The van der Waals surface area contributed by atoms with Crippen LogP contribution in [-0.4, -0.2) is 102 Å². The van der Waals surface area contributed by atoms with E-state index in [0.717, 1.165) is 26.2 Å². The molecule has 0 aromatic rings. The van der Waals surface area contributed by atoms with E-state index >= 15 is 0 Å². The van der Waals surface area contributed by atoms with E-state index in [1.165, 1.54) is 0 Å². The van der Waals surface area contributed by atoms with E-state index in [1.807, 2.05) is 0 Å². The van der Waals surface area contributed by atoms with Gasteiger partial charge in [-0.2, -0.15) is 0 Å². The van der Waals surface area contributed by atoms with Crippen LogP contribution in [0, 0.1) is 0 Å². The molecule has 0 aliphatic carbocycles. The Kier molecular flexibility index (Phi) is 19.1. The molecule has 1 radical (unpaired) electrons. The first kappa shape index (κ1) is 22.5. The van der Waals surface area contributed by atoms with Crippen LogP contribution in [0.3, 0.4) is 0 Å². The fourth-order valence-corrected chi connectivity index (χ4v) is 0.800. The molecule has 0 atom stereocenters. The summed E-state index contributed by atoms with van der Waals surface area (Å²) in [5.41, 5.74) is 0. The minimum atomic E-state index is 0. The van der Waals surface area contributed by atoms with Crippen LogP contribution in [0.1, 0.15) is 0 Å². The molecule has 0 fully saturated rings. The minimum absolute atomic E-state index is 0. The minimum Gasteiger partial charge on any atom is -0.308 e. The Hall–Kier alpha value is 0.359. The number of rotatable bonds is 6. The van der Waals surface area contributed by atoms with Crippen molar-refractivity contribution in [3.05, 3.63) is 0 Å². The van der Waals surface area contributed by atoms with Gasteiger partial charge in [-0.15, -0.1) is 0 Å². The molecule has 0 saturated heterocycles. The summed E-state index contributed by atoms with van der Waals surface area (Å²) in [4.78, 5) is 8.72. The molecular weight excluding hydrogens is 264 g/mol. The van der Waals surface area contributed by atoms with Gasteiger partial charge in [-0.05, 0) is 56.4 Å². The Morgan fingerprint density at radius 3 is 0.588 bits per heavy atom. The molecule has 0 bridgehead atoms. The second-order valence-electron chi connectivity index (χ2n) is 5.21. The van der Waals surface area contributed by atoms with Gasteiger partial charge >= 0.3 is 0 Å². The summed E-state index contributed by atoms with van der Waals surface area (Å²) >= 11 is 0. The maximum absolute atomic E-state index is 2.18. The zero-order chi connectivity index (χ0) is 13.1. The summed E-state index contributed by atoms with van der Waals surface area (Å²) in [5, 5.41) is 0. The van der Waals surface area contributed by atoms with Gasteiger partial charge in [0.25, 0.3) is 0 Å². The van der Waals surface area contributed by atoms with E-state index in [4.69, 9.17) is 0 Å². The molecule has 0 heterocycles. The smallest absolute Gasteiger partial charge is 0.0103 e. The average Bonchev–Trinajstić information content (AvgIpc) is 2.12. The second-order valence-corrected chi connectivity index (χ2v) is 5.21.